The molecule has 0 spiro atoms. The molecule has 0 fully saturated rings. The Kier molecular flexibility index (Phi) is 5.22. The largest absolute Gasteiger partial charge is 0.412 e. The van der Waals surface area contributed by atoms with Gasteiger partial charge in [-0.15, -0.1) is 0 Å². The molecule has 1 heterocycles. The van der Waals surface area contributed by atoms with Crippen LogP contribution in [0.3, 0.4) is 0 Å². The zero-order valence-electron chi connectivity index (χ0n) is 14.9. The van der Waals surface area contributed by atoms with Crippen LogP contribution in [0.15, 0.2) is 55.6 Å². The van der Waals surface area contributed by atoms with Gasteiger partial charge in [-0.2, -0.15) is 0 Å². The summed E-state index contributed by atoms with van der Waals surface area (Å²) >= 11 is 0. The number of carbonyl (C=O) groups excluding carboxylic acids is 5. The Bertz CT molecular complexity index is 1080. The summed E-state index contributed by atoms with van der Waals surface area (Å²) in [6, 6.07) is 7.95. The van der Waals surface area contributed by atoms with Crippen molar-refractivity contribution in [3.8, 4) is 0 Å². The van der Waals surface area contributed by atoms with E-state index in [2.05, 4.69) is 23.8 Å². The number of hydrogen-bond donors (Lipinski definition) is 2. The molecule has 0 atom stereocenters. The Morgan fingerprint density at radius 2 is 1.62 bits per heavy atom. The highest BCUT2D eigenvalue weighted by atomic mass is 16.7. The average molecular weight is 394 g/mol. The summed E-state index contributed by atoms with van der Waals surface area (Å²) in [6.45, 7) is 6.40. The van der Waals surface area contributed by atoms with Gasteiger partial charge < -0.3 is 14.8 Å². The molecule has 1 aliphatic heterocycles. The van der Waals surface area contributed by atoms with Gasteiger partial charge in [0.1, 0.15) is 0 Å². The lowest BCUT2D eigenvalue weighted by molar-refractivity contribution is -0.184. The lowest BCUT2D eigenvalue weighted by Crippen LogP contribution is -2.38. The molecule has 3 amide bonds. The minimum atomic E-state index is -1.95. The van der Waals surface area contributed by atoms with Crippen molar-refractivity contribution in [1.29, 1.82) is 0 Å². The van der Waals surface area contributed by atoms with E-state index in [1.54, 1.807) is 24.3 Å². The number of ether oxygens (including phenoxy) is 2. The number of esters is 2. The molecule has 0 saturated heterocycles. The second kappa shape index (κ2) is 7.77. The van der Waals surface area contributed by atoms with Gasteiger partial charge in [0.2, 0.25) is 0 Å². The highest BCUT2D eigenvalue weighted by Crippen LogP contribution is 2.32. The van der Waals surface area contributed by atoms with Crippen LogP contribution in [0.1, 0.15) is 20.7 Å². The molecular weight excluding hydrogens is 380 g/mol. The van der Waals surface area contributed by atoms with Crippen LogP contribution in [0.4, 0.5) is 5.69 Å². The molecule has 0 unspecified atom stereocenters. The minimum Gasteiger partial charge on any atom is -0.412 e. The van der Waals surface area contributed by atoms with Crippen molar-refractivity contribution in [2.45, 2.75) is 6.29 Å². The third kappa shape index (κ3) is 3.74. The first-order valence-corrected chi connectivity index (χ1v) is 8.24. The smallest absolute Gasteiger partial charge is 0.333 e. The van der Waals surface area contributed by atoms with E-state index in [1.807, 2.05) is 0 Å². The van der Waals surface area contributed by atoms with Crippen LogP contribution >= 0.6 is 0 Å². The number of rotatable bonds is 6. The number of hydrogen-bond acceptors (Lipinski definition) is 7. The molecule has 146 valence electrons. The third-order valence-corrected chi connectivity index (χ3v) is 4.00. The van der Waals surface area contributed by atoms with Crippen molar-refractivity contribution in [3.63, 3.8) is 0 Å². The number of imide groups is 1. The fraction of sp³-hybridized carbons (Fsp3) is 0.0500. The summed E-state index contributed by atoms with van der Waals surface area (Å²) in [7, 11) is 0. The lowest BCUT2D eigenvalue weighted by atomic mass is 9.94. The molecule has 0 aromatic heterocycles. The molecule has 2 N–H and O–H groups in total. The first-order chi connectivity index (χ1) is 13.8. The Hall–Kier alpha value is -4.27. The molecule has 3 rings (SSSR count). The van der Waals surface area contributed by atoms with E-state index in [9.17, 15) is 24.0 Å². The van der Waals surface area contributed by atoms with Crippen LogP contribution in [0.25, 0.3) is 10.8 Å². The summed E-state index contributed by atoms with van der Waals surface area (Å²) in [5.41, 5.74) is 0.352. The van der Waals surface area contributed by atoms with E-state index in [1.165, 1.54) is 6.07 Å². The standard InChI is InChI=1S/C20H14N2O7/c1-3-13(23)28-20(29-14(24)4-2)19(27)21-12-9-8-10-6-5-7-11-15(10)16(12)18(26)22-17(11)25/h3-9,20H,1-2H2,(H,21,27)(H,22,25,26). The van der Waals surface area contributed by atoms with Crippen LogP contribution in [0, 0.1) is 0 Å². The first kappa shape index (κ1) is 19.5. The second-order valence-electron chi connectivity index (χ2n) is 5.78. The fourth-order valence-electron chi connectivity index (χ4n) is 2.77. The maximum Gasteiger partial charge on any atom is 0.333 e. The molecule has 2 aromatic carbocycles. The summed E-state index contributed by atoms with van der Waals surface area (Å²) < 4.78 is 9.47. The van der Waals surface area contributed by atoms with Gasteiger partial charge in [0.25, 0.3) is 11.8 Å². The monoisotopic (exact) mass is 394 g/mol. The van der Waals surface area contributed by atoms with E-state index in [-0.39, 0.29) is 16.8 Å². The van der Waals surface area contributed by atoms with E-state index in [4.69, 9.17) is 9.47 Å². The first-order valence-electron chi connectivity index (χ1n) is 8.24. The van der Waals surface area contributed by atoms with Crippen LogP contribution in [-0.4, -0.2) is 36.0 Å². The Balaban J connectivity index is 2.00. The molecule has 0 aliphatic carbocycles. The van der Waals surface area contributed by atoms with E-state index < -0.39 is 36.0 Å². The van der Waals surface area contributed by atoms with Gasteiger partial charge in [-0.3, -0.25) is 19.7 Å². The maximum absolute atomic E-state index is 12.6. The summed E-state index contributed by atoms with van der Waals surface area (Å²) in [6.07, 6.45) is -0.377. The van der Waals surface area contributed by atoms with Gasteiger partial charge in [0.05, 0.1) is 11.3 Å². The summed E-state index contributed by atoms with van der Waals surface area (Å²) in [5.74, 6) is -4.32. The number of anilines is 1. The highest BCUT2D eigenvalue weighted by molar-refractivity contribution is 6.28. The van der Waals surface area contributed by atoms with Crippen molar-refractivity contribution >= 4 is 46.1 Å². The van der Waals surface area contributed by atoms with Crippen molar-refractivity contribution in [2.75, 3.05) is 5.32 Å². The SMILES string of the molecule is C=CC(=O)OC(OC(=O)C=C)C(=O)Nc1ccc2cccc3c2c1C(=O)NC3=O. The van der Waals surface area contributed by atoms with E-state index in [0.29, 0.717) is 10.8 Å². The van der Waals surface area contributed by atoms with Gasteiger partial charge in [-0.05, 0) is 17.5 Å². The number of nitrogens with one attached hydrogen (secondary N) is 2. The maximum atomic E-state index is 12.6. The van der Waals surface area contributed by atoms with Gasteiger partial charge in [-0.1, -0.05) is 31.4 Å². The van der Waals surface area contributed by atoms with E-state index >= 15 is 0 Å². The minimum absolute atomic E-state index is 0.0363. The molecule has 29 heavy (non-hydrogen) atoms. The second-order valence-corrected chi connectivity index (χ2v) is 5.78. The summed E-state index contributed by atoms with van der Waals surface area (Å²) in [5, 5.41) is 5.56. The zero-order valence-corrected chi connectivity index (χ0v) is 14.9. The molecule has 0 bridgehead atoms. The number of amides is 3. The molecular formula is C20H14N2O7. The molecule has 0 saturated carbocycles. The average Bonchev–Trinajstić information content (AvgIpc) is 2.71. The number of benzene rings is 2. The quantitative estimate of drug-likeness (QED) is 0.328. The molecule has 9 heteroatoms. The van der Waals surface area contributed by atoms with Gasteiger partial charge >= 0.3 is 24.1 Å². The van der Waals surface area contributed by atoms with Crippen LogP contribution in [0.2, 0.25) is 0 Å². The topological polar surface area (TPSA) is 128 Å². The summed E-state index contributed by atoms with van der Waals surface area (Å²) in [4.78, 5) is 60.0. The molecule has 1 aliphatic rings. The predicted molar refractivity (Wildman–Crippen MR) is 101 cm³/mol. The Morgan fingerprint density at radius 1 is 0.966 bits per heavy atom. The number of carbonyl (C=O) groups is 5. The highest BCUT2D eigenvalue weighted by Gasteiger charge is 2.31. The van der Waals surface area contributed by atoms with E-state index in [0.717, 1.165) is 12.2 Å². The lowest BCUT2D eigenvalue weighted by Gasteiger charge is -2.21. The van der Waals surface area contributed by atoms with Crippen molar-refractivity contribution in [2.24, 2.45) is 0 Å². The van der Waals surface area contributed by atoms with Crippen LogP contribution in [-0.2, 0) is 23.9 Å². The van der Waals surface area contributed by atoms with Crippen molar-refractivity contribution in [3.05, 3.63) is 66.8 Å². The Morgan fingerprint density at radius 3 is 2.24 bits per heavy atom. The van der Waals surface area contributed by atoms with Crippen molar-refractivity contribution < 1.29 is 33.4 Å². The van der Waals surface area contributed by atoms with Crippen LogP contribution < -0.4 is 10.6 Å². The van der Waals surface area contributed by atoms with Crippen LogP contribution in [0.5, 0.6) is 0 Å². The Labute approximate surface area is 164 Å². The van der Waals surface area contributed by atoms with Crippen molar-refractivity contribution in [1.82, 2.24) is 5.32 Å². The fourth-order valence-corrected chi connectivity index (χ4v) is 2.77. The molecule has 0 radical (unpaired) electrons. The zero-order chi connectivity index (χ0) is 21.1. The van der Waals surface area contributed by atoms with Gasteiger partial charge in [0.15, 0.2) is 0 Å². The normalized spacial score (nSPS) is 12.2. The predicted octanol–water partition coefficient (Wildman–Crippen LogP) is 1.45. The third-order valence-electron chi connectivity index (χ3n) is 4.00. The molecule has 2 aromatic rings. The molecule has 9 nitrogen and oxygen atoms in total. The van der Waals surface area contributed by atoms with Gasteiger partial charge in [0, 0.05) is 23.1 Å². The van der Waals surface area contributed by atoms with Gasteiger partial charge in [-0.25, -0.2) is 9.59 Å².